The maximum absolute atomic E-state index is 12.3. The molecule has 3 aromatic rings. The van der Waals surface area contributed by atoms with E-state index in [9.17, 15) is 4.79 Å². The zero-order valence-corrected chi connectivity index (χ0v) is 24.1. The number of rotatable bonds is 7. The van der Waals surface area contributed by atoms with Crippen LogP contribution in [0.3, 0.4) is 0 Å². The van der Waals surface area contributed by atoms with E-state index < -0.39 is 0 Å². The SMILES string of the molecule is C=CC(=O)N(C)C1CCN(c2nc(OCC3CCCN3C)nc3c2CCN(c2cccc4cccc(Cl)c24)C3)C1. The normalized spacial score (nSPS) is 21.1. The predicted octanol–water partition coefficient (Wildman–Crippen LogP) is 4.54. The molecule has 1 amide bonds. The van der Waals surface area contributed by atoms with E-state index in [2.05, 4.69) is 52.6 Å². The Morgan fingerprint density at radius 2 is 1.98 bits per heavy atom. The highest BCUT2D eigenvalue weighted by atomic mass is 35.5. The van der Waals surface area contributed by atoms with Crippen molar-refractivity contribution in [1.29, 1.82) is 0 Å². The van der Waals surface area contributed by atoms with Crippen LogP contribution >= 0.6 is 11.6 Å². The van der Waals surface area contributed by atoms with Gasteiger partial charge in [0, 0.05) is 49.4 Å². The molecular formula is C31H37ClN6O2. The number of carbonyl (C=O) groups excluding carboxylic acids is 1. The van der Waals surface area contributed by atoms with Crippen LogP contribution in [0.5, 0.6) is 6.01 Å². The number of likely N-dealkylation sites (N-methyl/N-ethyl adjacent to an activating group) is 2. The monoisotopic (exact) mass is 560 g/mol. The molecule has 0 spiro atoms. The second kappa shape index (κ2) is 11.3. The molecule has 0 bridgehead atoms. The molecule has 9 heteroatoms. The van der Waals surface area contributed by atoms with Crippen molar-refractivity contribution in [2.75, 3.05) is 56.7 Å². The van der Waals surface area contributed by atoms with Gasteiger partial charge in [0.2, 0.25) is 5.91 Å². The first-order valence-electron chi connectivity index (χ1n) is 14.2. The number of hydrogen-bond donors (Lipinski definition) is 0. The first kappa shape index (κ1) is 26.8. The van der Waals surface area contributed by atoms with Crippen molar-refractivity contribution in [3.63, 3.8) is 0 Å². The Morgan fingerprint density at radius 3 is 2.75 bits per heavy atom. The predicted molar refractivity (Wildman–Crippen MR) is 160 cm³/mol. The molecule has 1 aromatic heterocycles. The summed E-state index contributed by atoms with van der Waals surface area (Å²) in [5.74, 6) is 0.892. The molecule has 0 aliphatic carbocycles. The number of ether oxygens (including phenoxy) is 1. The van der Waals surface area contributed by atoms with Crippen molar-refractivity contribution in [1.82, 2.24) is 19.8 Å². The number of benzene rings is 2. The molecule has 40 heavy (non-hydrogen) atoms. The van der Waals surface area contributed by atoms with Crippen LogP contribution in [0, 0.1) is 0 Å². The molecule has 6 rings (SSSR count). The van der Waals surface area contributed by atoms with Crippen LogP contribution in [0.2, 0.25) is 5.02 Å². The Balaban J connectivity index is 1.32. The van der Waals surface area contributed by atoms with Gasteiger partial charge in [0.15, 0.2) is 0 Å². The number of likely N-dealkylation sites (tertiary alicyclic amines) is 1. The second-order valence-corrected chi connectivity index (χ2v) is 11.6. The number of nitrogens with zero attached hydrogens (tertiary/aromatic N) is 6. The van der Waals surface area contributed by atoms with Crippen LogP contribution in [0.25, 0.3) is 10.8 Å². The lowest BCUT2D eigenvalue weighted by Crippen LogP contribution is -2.39. The highest BCUT2D eigenvalue weighted by Crippen LogP contribution is 2.37. The van der Waals surface area contributed by atoms with Crippen molar-refractivity contribution in [3.05, 3.63) is 65.3 Å². The highest BCUT2D eigenvalue weighted by molar-refractivity contribution is 6.36. The summed E-state index contributed by atoms with van der Waals surface area (Å²) in [7, 11) is 4.01. The van der Waals surface area contributed by atoms with Gasteiger partial charge in [-0.1, -0.05) is 42.4 Å². The third-order valence-corrected chi connectivity index (χ3v) is 9.12. The molecule has 3 aliphatic rings. The number of aromatic nitrogens is 2. The van der Waals surface area contributed by atoms with Gasteiger partial charge in [-0.3, -0.25) is 4.79 Å². The largest absolute Gasteiger partial charge is 0.462 e. The van der Waals surface area contributed by atoms with E-state index >= 15 is 0 Å². The summed E-state index contributed by atoms with van der Waals surface area (Å²) in [6.07, 6.45) is 5.41. The quantitative estimate of drug-likeness (QED) is 0.393. The summed E-state index contributed by atoms with van der Waals surface area (Å²) in [4.78, 5) is 31.0. The number of carbonyl (C=O) groups is 1. The van der Waals surface area contributed by atoms with Crippen LogP contribution in [0.15, 0.2) is 49.1 Å². The average Bonchev–Trinajstić information content (AvgIpc) is 3.63. The highest BCUT2D eigenvalue weighted by Gasteiger charge is 2.33. The molecule has 0 N–H and O–H groups in total. The van der Waals surface area contributed by atoms with E-state index in [0.29, 0.717) is 25.2 Å². The minimum atomic E-state index is -0.0503. The molecule has 2 fully saturated rings. The topological polar surface area (TPSA) is 65.0 Å². The van der Waals surface area contributed by atoms with Crippen LogP contribution in [0.4, 0.5) is 11.5 Å². The third kappa shape index (κ3) is 5.10. The minimum Gasteiger partial charge on any atom is -0.462 e. The van der Waals surface area contributed by atoms with Crippen LogP contribution in [-0.4, -0.2) is 84.6 Å². The third-order valence-electron chi connectivity index (χ3n) is 8.80. The van der Waals surface area contributed by atoms with Gasteiger partial charge in [0.1, 0.15) is 12.4 Å². The molecule has 2 saturated heterocycles. The summed E-state index contributed by atoms with van der Waals surface area (Å²) in [6.45, 7) is 8.38. The van der Waals surface area contributed by atoms with Crippen molar-refractivity contribution >= 4 is 39.8 Å². The van der Waals surface area contributed by atoms with Gasteiger partial charge in [-0.2, -0.15) is 9.97 Å². The van der Waals surface area contributed by atoms with Gasteiger partial charge in [-0.05, 0) is 62.9 Å². The maximum Gasteiger partial charge on any atom is 0.318 e. The van der Waals surface area contributed by atoms with Gasteiger partial charge in [0.25, 0.3) is 0 Å². The zero-order valence-electron chi connectivity index (χ0n) is 23.4. The van der Waals surface area contributed by atoms with Crippen molar-refractivity contribution < 1.29 is 9.53 Å². The second-order valence-electron chi connectivity index (χ2n) is 11.2. The van der Waals surface area contributed by atoms with Gasteiger partial charge in [-0.25, -0.2) is 0 Å². The zero-order chi connectivity index (χ0) is 27.8. The van der Waals surface area contributed by atoms with Gasteiger partial charge >= 0.3 is 6.01 Å². The van der Waals surface area contributed by atoms with E-state index in [4.69, 9.17) is 26.3 Å². The fourth-order valence-corrected chi connectivity index (χ4v) is 6.67. The first-order valence-corrected chi connectivity index (χ1v) is 14.6. The lowest BCUT2D eigenvalue weighted by atomic mass is 10.0. The van der Waals surface area contributed by atoms with Crippen molar-refractivity contribution in [2.24, 2.45) is 0 Å². The van der Waals surface area contributed by atoms with E-state index in [1.165, 1.54) is 18.1 Å². The van der Waals surface area contributed by atoms with Crippen LogP contribution in [-0.2, 0) is 17.8 Å². The van der Waals surface area contributed by atoms with Gasteiger partial charge in [0.05, 0.1) is 23.3 Å². The molecule has 0 radical (unpaired) electrons. The summed E-state index contributed by atoms with van der Waals surface area (Å²) in [5.41, 5.74) is 3.29. The smallest absolute Gasteiger partial charge is 0.318 e. The number of halogens is 1. The number of amides is 1. The molecule has 4 heterocycles. The Kier molecular flexibility index (Phi) is 7.55. The fourth-order valence-electron chi connectivity index (χ4n) is 6.39. The Morgan fingerprint density at radius 1 is 1.15 bits per heavy atom. The molecule has 2 unspecified atom stereocenters. The van der Waals surface area contributed by atoms with E-state index in [-0.39, 0.29) is 11.9 Å². The fraction of sp³-hybridized carbons (Fsp3) is 0.452. The van der Waals surface area contributed by atoms with E-state index in [1.807, 2.05) is 19.2 Å². The van der Waals surface area contributed by atoms with Gasteiger partial charge in [-0.15, -0.1) is 0 Å². The van der Waals surface area contributed by atoms with E-state index in [1.54, 1.807) is 4.90 Å². The lowest BCUT2D eigenvalue weighted by molar-refractivity contribution is -0.126. The summed E-state index contributed by atoms with van der Waals surface area (Å²) < 4.78 is 6.28. The minimum absolute atomic E-state index is 0.0503. The molecular weight excluding hydrogens is 524 g/mol. The Hall–Kier alpha value is -3.36. The molecule has 8 nitrogen and oxygen atoms in total. The standard InChI is InChI=1S/C31H37ClN6O2/c1-4-28(39)36(3)22-13-16-38(18-22)30-24-14-17-37(27-12-6-9-21-8-5-11-25(32)29(21)27)19-26(24)33-31(34-30)40-20-23-10-7-15-35(23)2/h4-6,8-9,11-12,22-23H,1,7,10,13-20H2,2-3H3. The Bertz CT molecular complexity index is 1430. The van der Waals surface area contributed by atoms with E-state index in [0.717, 1.165) is 78.4 Å². The number of hydrogen-bond acceptors (Lipinski definition) is 7. The lowest BCUT2D eigenvalue weighted by Gasteiger charge is -2.33. The molecule has 210 valence electrons. The molecule has 3 aliphatic heterocycles. The molecule has 2 atom stereocenters. The van der Waals surface area contributed by atoms with Crippen LogP contribution < -0.4 is 14.5 Å². The van der Waals surface area contributed by atoms with Crippen molar-refractivity contribution in [2.45, 2.75) is 44.3 Å². The maximum atomic E-state index is 12.3. The first-order chi connectivity index (χ1) is 19.4. The van der Waals surface area contributed by atoms with Crippen molar-refractivity contribution in [3.8, 4) is 6.01 Å². The van der Waals surface area contributed by atoms with Gasteiger partial charge < -0.3 is 24.3 Å². The summed E-state index contributed by atoms with van der Waals surface area (Å²) in [6, 6.07) is 13.3. The summed E-state index contributed by atoms with van der Waals surface area (Å²) in [5, 5.41) is 2.96. The average molecular weight is 561 g/mol. The Labute approximate surface area is 241 Å². The molecule has 0 saturated carbocycles. The van der Waals surface area contributed by atoms with Crippen LogP contribution in [0.1, 0.15) is 30.5 Å². The number of fused-ring (bicyclic) bond motifs is 2. The molecule has 2 aromatic carbocycles. The number of anilines is 2. The summed E-state index contributed by atoms with van der Waals surface area (Å²) >= 11 is 6.69.